The van der Waals surface area contributed by atoms with Gasteiger partial charge in [-0.05, 0) is 67.1 Å². The minimum atomic E-state index is -0.538. The van der Waals surface area contributed by atoms with Crippen molar-refractivity contribution in [2.75, 3.05) is 0 Å². The molecule has 2 atom stereocenters. The number of pyridine rings is 1. The fraction of sp³-hybridized carbons (Fsp3) is 0.217. The largest absolute Gasteiger partial charge is 0.487 e. The molecule has 0 bridgehead atoms. The molecule has 4 rings (SSSR count). The van der Waals surface area contributed by atoms with Crippen molar-refractivity contribution in [2.24, 2.45) is 0 Å². The second kappa shape index (κ2) is 9.68. The van der Waals surface area contributed by atoms with Gasteiger partial charge in [0.2, 0.25) is 5.89 Å². The maximum absolute atomic E-state index is 13.3. The van der Waals surface area contributed by atoms with Crippen LogP contribution in [-0.2, 0) is 6.61 Å². The van der Waals surface area contributed by atoms with Crippen LogP contribution in [0.25, 0.3) is 0 Å². The SMILES string of the molecule is CC(O)c1ccc(OCc2nc(C3C=CC(F)=CC3)oc2Sc2ccc(Cl)cn2)cc1. The van der Waals surface area contributed by atoms with Crippen LogP contribution in [0.3, 0.4) is 0 Å². The lowest BCUT2D eigenvalue weighted by atomic mass is 10.0. The molecule has 3 aromatic rings. The quantitative estimate of drug-likeness (QED) is 0.441. The smallest absolute Gasteiger partial charge is 0.203 e. The number of aromatic nitrogens is 2. The Balaban J connectivity index is 1.54. The van der Waals surface area contributed by atoms with E-state index < -0.39 is 6.10 Å². The third-order valence-corrected chi connectivity index (χ3v) is 5.86. The minimum Gasteiger partial charge on any atom is -0.487 e. The summed E-state index contributed by atoms with van der Waals surface area (Å²) in [5, 5.41) is 11.5. The first-order valence-corrected chi connectivity index (χ1v) is 10.9. The zero-order valence-corrected chi connectivity index (χ0v) is 18.2. The number of halogens is 2. The summed E-state index contributed by atoms with van der Waals surface area (Å²) in [6, 6.07) is 10.8. The molecule has 2 aromatic heterocycles. The highest BCUT2D eigenvalue weighted by Crippen LogP contribution is 2.35. The molecule has 1 N–H and O–H groups in total. The number of allylic oxidation sites excluding steroid dienone is 4. The summed E-state index contributed by atoms with van der Waals surface area (Å²) < 4.78 is 25.2. The summed E-state index contributed by atoms with van der Waals surface area (Å²) in [5.74, 6) is 0.750. The number of oxazole rings is 1. The number of nitrogens with zero attached hydrogens (tertiary/aromatic N) is 2. The Bertz CT molecular complexity index is 1100. The number of hydrogen-bond donors (Lipinski definition) is 1. The van der Waals surface area contributed by atoms with Gasteiger partial charge < -0.3 is 14.3 Å². The monoisotopic (exact) mass is 458 g/mol. The highest BCUT2D eigenvalue weighted by molar-refractivity contribution is 7.99. The predicted octanol–water partition coefficient (Wildman–Crippen LogP) is 6.40. The first-order chi connectivity index (χ1) is 15.0. The van der Waals surface area contributed by atoms with Crippen molar-refractivity contribution in [2.45, 2.75) is 42.1 Å². The number of aliphatic hydroxyl groups is 1. The van der Waals surface area contributed by atoms with E-state index in [1.807, 2.05) is 12.1 Å². The van der Waals surface area contributed by atoms with E-state index in [1.54, 1.807) is 43.5 Å². The highest BCUT2D eigenvalue weighted by Gasteiger charge is 2.22. The average molecular weight is 459 g/mol. The van der Waals surface area contributed by atoms with Crippen LogP contribution in [0.1, 0.15) is 42.5 Å². The Morgan fingerprint density at radius 1 is 1.29 bits per heavy atom. The van der Waals surface area contributed by atoms with E-state index in [-0.39, 0.29) is 18.4 Å². The van der Waals surface area contributed by atoms with Gasteiger partial charge in [-0.25, -0.2) is 14.4 Å². The van der Waals surface area contributed by atoms with Gasteiger partial charge in [0, 0.05) is 6.20 Å². The van der Waals surface area contributed by atoms with Crippen LogP contribution in [-0.4, -0.2) is 15.1 Å². The summed E-state index contributed by atoms with van der Waals surface area (Å²) in [6.07, 6.45) is 6.19. The van der Waals surface area contributed by atoms with Crippen molar-refractivity contribution in [3.63, 3.8) is 0 Å². The second-order valence-electron chi connectivity index (χ2n) is 7.03. The Labute approximate surface area is 188 Å². The number of hydrogen-bond acceptors (Lipinski definition) is 6. The maximum atomic E-state index is 13.3. The van der Waals surface area contributed by atoms with Crippen molar-refractivity contribution in [1.29, 1.82) is 0 Å². The molecule has 5 nitrogen and oxygen atoms in total. The van der Waals surface area contributed by atoms with E-state index in [4.69, 9.17) is 20.8 Å². The molecule has 0 radical (unpaired) electrons. The number of rotatable bonds is 7. The molecule has 2 heterocycles. The fourth-order valence-corrected chi connectivity index (χ4v) is 3.87. The summed E-state index contributed by atoms with van der Waals surface area (Å²) >= 11 is 7.25. The third kappa shape index (κ3) is 5.55. The zero-order chi connectivity index (χ0) is 21.8. The van der Waals surface area contributed by atoms with Gasteiger partial charge in [0.15, 0.2) is 5.09 Å². The standard InChI is InChI=1S/C23H20ClFN2O3S/c1-14(28)15-4-9-19(10-5-15)29-13-20-23(31-21-11-6-17(24)12-26-21)30-22(27-20)16-2-7-18(25)8-3-16/h2,4-12,14,16,28H,3,13H2,1H3. The summed E-state index contributed by atoms with van der Waals surface area (Å²) in [5.41, 5.74) is 1.44. The van der Waals surface area contributed by atoms with E-state index in [2.05, 4.69) is 9.97 Å². The van der Waals surface area contributed by atoms with E-state index in [9.17, 15) is 9.50 Å². The van der Waals surface area contributed by atoms with E-state index in [0.29, 0.717) is 38.9 Å². The van der Waals surface area contributed by atoms with Gasteiger partial charge in [0.05, 0.1) is 17.0 Å². The lowest BCUT2D eigenvalue weighted by Crippen LogP contribution is -2.01. The van der Waals surface area contributed by atoms with Crippen LogP contribution in [0.5, 0.6) is 5.75 Å². The molecular weight excluding hydrogens is 439 g/mol. The Morgan fingerprint density at radius 3 is 2.74 bits per heavy atom. The van der Waals surface area contributed by atoms with Crippen LogP contribution in [0.4, 0.5) is 4.39 Å². The topological polar surface area (TPSA) is 68.4 Å². The first-order valence-electron chi connectivity index (χ1n) is 9.71. The molecular formula is C23H20ClFN2O3S. The van der Waals surface area contributed by atoms with Crippen molar-refractivity contribution < 1.29 is 18.7 Å². The van der Waals surface area contributed by atoms with Gasteiger partial charge in [-0.3, -0.25) is 0 Å². The molecule has 1 aromatic carbocycles. The van der Waals surface area contributed by atoms with Gasteiger partial charge in [0.25, 0.3) is 0 Å². The van der Waals surface area contributed by atoms with Crippen molar-refractivity contribution >= 4 is 23.4 Å². The fourth-order valence-electron chi connectivity index (χ4n) is 2.97. The molecule has 0 amide bonds. The second-order valence-corrected chi connectivity index (χ2v) is 8.46. The molecule has 2 unspecified atom stereocenters. The van der Waals surface area contributed by atoms with Crippen LogP contribution in [0.2, 0.25) is 5.02 Å². The van der Waals surface area contributed by atoms with Gasteiger partial charge in [-0.15, -0.1) is 0 Å². The number of aliphatic hydroxyl groups excluding tert-OH is 1. The molecule has 0 fully saturated rings. The maximum Gasteiger partial charge on any atom is 0.203 e. The Morgan fingerprint density at radius 2 is 2.10 bits per heavy atom. The first kappa shape index (κ1) is 21.6. The van der Waals surface area contributed by atoms with Crippen LogP contribution < -0.4 is 4.74 Å². The molecule has 0 spiro atoms. The highest BCUT2D eigenvalue weighted by atomic mass is 35.5. The van der Waals surface area contributed by atoms with Crippen LogP contribution >= 0.6 is 23.4 Å². The molecule has 1 aliphatic rings. The summed E-state index contributed by atoms with van der Waals surface area (Å²) in [6.45, 7) is 1.90. The Kier molecular flexibility index (Phi) is 6.75. The molecule has 31 heavy (non-hydrogen) atoms. The normalized spacial score (nSPS) is 16.8. The molecule has 0 saturated carbocycles. The van der Waals surface area contributed by atoms with Crippen LogP contribution in [0.15, 0.2) is 81.2 Å². The van der Waals surface area contributed by atoms with Gasteiger partial charge in [-0.2, -0.15) is 0 Å². The molecule has 0 aliphatic heterocycles. The third-order valence-electron chi connectivity index (χ3n) is 4.69. The predicted molar refractivity (Wildman–Crippen MR) is 117 cm³/mol. The molecule has 0 saturated heterocycles. The van der Waals surface area contributed by atoms with E-state index in [0.717, 1.165) is 5.56 Å². The van der Waals surface area contributed by atoms with Gasteiger partial charge >= 0.3 is 0 Å². The number of benzene rings is 1. The minimum absolute atomic E-state index is 0.142. The number of ether oxygens (including phenoxy) is 1. The van der Waals surface area contributed by atoms with E-state index in [1.165, 1.54) is 23.9 Å². The molecule has 160 valence electrons. The average Bonchev–Trinajstić information content (AvgIpc) is 3.17. The van der Waals surface area contributed by atoms with Crippen LogP contribution in [0, 0.1) is 0 Å². The van der Waals surface area contributed by atoms with Gasteiger partial charge in [0.1, 0.15) is 28.9 Å². The summed E-state index contributed by atoms with van der Waals surface area (Å²) in [4.78, 5) is 8.92. The summed E-state index contributed by atoms with van der Waals surface area (Å²) in [7, 11) is 0. The van der Waals surface area contributed by atoms with Gasteiger partial charge in [-0.1, -0.05) is 29.8 Å². The van der Waals surface area contributed by atoms with Crippen molar-refractivity contribution in [1.82, 2.24) is 9.97 Å². The molecule has 8 heteroatoms. The molecule has 1 aliphatic carbocycles. The van der Waals surface area contributed by atoms with Crippen molar-refractivity contribution in [3.8, 4) is 5.75 Å². The lowest BCUT2D eigenvalue weighted by Gasteiger charge is -2.09. The Hall–Kier alpha value is -2.61. The van der Waals surface area contributed by atoms with Crippen molar-refractivity contribution in [3.05, 3.63) is 88.8 Å². The van der Waals surface area contributed by atoms with E-state index >= 15 is 0 Å². The zero-order valence-electron chi connectivity index (χ0n) is 16.7. The lowest BCUT2D eigenvalue weighted by molar-refractivity contribution is 0.199.